The van der Waals surface area contributed by atoms with Crippen molar-refractivity contribution >= 4 is 17.3 Å². The Hall–Kier alpha value is -3.77. The number of amides is 1. The van der Waals surface area contributed by atoms with Crippen LogP contribution in [0.3, 0.4) is 0 Å². The molecule has 0 spiro atoms. The van der Waals surface area contributed by atoms with Crippen LogP contribution in [0.25, 0.3) is 0 Å². The minimum atomic E-state index is -0.0279. The highest BCUT2D eigenvalue weighted by molar-refractivity contribution is 6.08. The van der Waals surface area contributed by atoms with Gasteiger partial charge in [-0.2, -0.15) is 0 Å². The number of benzene rings is 3. The van der Waals surface area contributed by atoms with Crippen molar-refractivity contribution < 1.29 is 9.53 Å². The molecular weight excluding hydrogens is 400 g/mol. The first-order chi connectivity index (χ1) is 15.6. The molecule has 1 N–H and O–H groups in total. The van der Waals surface area contributed by atoms with Crippen molar-refractivity contribution in [2.24, 2.45) is 0 Å². The molecule has 0 saturated carbocycles. The predicted octanol–water partition coefficient (Wildman–Crippen LogP) is 4.34. The lowest BCUT2D eigenvalue weighted by molar-refractivity contribution is 0.0983. The third-order valence-corrected chi connectivity index (χ3v) is 5.98. The molecule has 0 unspecified atom stereocenters. The fraction of sp³-hybridized carbons (Fsp3) is 0.192. The zero-order chi connectivity index (χ0) is 22.1. The third-order valence-electron chi connectivity index (χ3n) is 5.98. The van der Waals surface area contributed by atoms with Crippen molar-refractivity contribution in [2.75, 3.05) is 37.4 Å². The topological polar surface area (TPSA) is 48.1 Å². The number of anilines is 2. The van der Waals surface area contributed by atoms with E-state index in [1.807, 2.05) is 97.9 Å². The van der Waals surface area contributed by atoms with E-state index in [0.29, 0.717) is 18.7 Å². The molecule has 0 saturated heterocycles. The third kappa shape index (κ3) is 3.81. The van der Waals surface area contributed by atoms with Crippen LogP contribution in [0.5, 0.6) is 5.75 Å². The van der Waals surface area contributed by atoms with Gasteiger partial charge in [-0.15, -0.1) is 0 Å². The van der Waals surface area contributed by atoms with Crippen molar-refractivity contribution in [2.45, 2.75) is 6.61 Å². The molecule has 0 aromatic heterocycles. The minimum Gasteiger partial charge on any atom is -0.489 e. The number of rotatable bonds is 4. The van der Waals surface area contributed by atoms with Crippen LogP contribution < -0.4 is 15.0 Å². The van der Waals surface area contributed by atoms with Gasteiger partial charge in [-0.3, -0.25) is 9.80 Å². The normalized spacial score (nSPS) is 15.7. The van der Waals surface area contributed by atoms with Gasteiger partial charge in [-0.1, -0.05) is 42.5 Å². The van der Waals surface area contributed by atoms with E-state index in [-0.39, 0.29) is 5.91 Å². The molecule has 3 aromatic rings. The number of carbonyl (C=O) groups excluding carboxylic acids is 1. The molecule has 32 heavy (non-hydrogen) atoms. The van der Waals surface area contributed by atoms with Crippen LogP contribution in [0.15, 0.2) is 90.3 Å². The largest absolute Gasteiger partial charge is 0.489 e. The maximum atomic E-state index is 13.6. The number of nitrogens with zero attached hydrogens (tertiary/aromatic N) is 3. The Morgan fingerprint density at radius 2 is 1.62 bits per heavy atom. The van der Waals surface area contributed by atoms with E-state index in [1.165, 1.54) is 5.57 Å². The Kier molecular flexibility index (Phi) is 5.29. The number of hydrazine groups is 1. The van der Waals surface area contributed by atoms with E-state index in [1.54, 1.807) is 0 Å². The summed E-state index contributed by atoms with van der Waals surface area (Å²) in [4.78, 5) is 15.4. The molecule has 0 aliphatic carbocycles. The lowest BCUT2D eigenvalue weighted by Gasteiger charge is -2.27. The van der Waals surface area contributed by atoms with Crippen LogP contribution >= 0.6 is 0 Å². The van der Waals surface area contributed by atoms with Gasteiger partial charge in [0.2, 0.25) is 0 Å². The van der Waals surface area contributed by atoms with Crippen LogP contribution in [0.4, 0.5) is 11.4 Å². The Balaban J connectivity index is 1.38. The van der Waals surface area contributed by atoms with Crippen LogP contribution in [0, 0.1) is 0 Å². The van der Waals surface area contributed by atoms with Crippen LogP contribution in [-0.2, 0) is 6.61 Å². The van der Waals surface area contributed by atoms with Crippen molar-refractivity contribution in [3.05, 3.63) is 101 Å². The van der Waals surface area contributed by atoms with Gasteiger partial charge in [0.05, 0.1) is 17.9 Å². The summed E-state index contributed by atoms with van der Waals surface area (Å²) >= 11 is 0. The van der Waals surface area contributed by atoms with E-state index >= 15 is 0 Å². The maximum absolute atomic E-state index is 13.6. The predicted molar refractivity (Wildman–Crippen MR) is 126 cm³/mol. The highest BCUT2D eigenvalue weighted by Gasteiger charge is 2.32. The molecule has 162 valence electrons. The molecule has 0 atom stereocenters. The molecule has 0 radical (unpaired) electrons. The summed E-state index contributed by atoms with van der Waals surface area (Å²) in [7, 11) is 4.08. The monoisotopic (exact) mass is 426 g/mol. The van der Waals surface area contributed by atoms with E-state index in [4.69, 9.17) is 4.74 Å². The Morgan fingerprint density at radius 1 is 0.906 bits per heavy atom. The van der Waals surface area contributed by atoms with Gasteiger partial charge in [0.1, 0.15) is 18.2 Å². The minimum absolute atomic E-state index is 0.0279. The molecule has 6 heteroatoms. The zero-order valence-corrected chi connectivity index (χ0v) is 18.3. The molecule has 6 nitrogen and oxygen atoms in total. The first-order valence-electron chi connectivity index (χ1n) is 10.7. The fourth-order valence-corrected chi connectivity index (χ4v) is 4.14. The standard InChI is InChI=1S/C26H26N4O2/c1-28-16-21-17-30(24-11-7-6-10-23(24)27-25(21)29(28)2)26(31)20-12-14-22(15-13-20)32-18-19-8-4-3-5-9-19/h3-15,27H,16-18H2,1-2H3. The lowest BCUT2D eigenvalue weighted by atomic mass is 10.1. The van der Waals surface area contributed by atoms with Crippen LogP contribution in [0.1, 0.15) is 15.9 Å². The number of nitrogens with one attached hydrogen (secondary N) is 1. The average molecular weight is 427 g/mol. The highest BCUT2D eigenvalue weighted by atomic mass is 16.5. The first-order valence-corrected chi connectivity index (χ1v) is 10.7. The SMILES string of the molecule is CN1CC2=C(Nc3ccccc3N(C(=O)c3ccc(OCc4ccccc4)cc3)C2)N1C. The van der Waals surface area contributed by atoms with Crippen LogP contribution in [-0.4, -0.2) is 43.1 Å². The molecule has 2 aliphatic rings. The highest BCUT2D eigenvalue weighted by Crippen LogP contribution is 2.35. The summed E-state index contributed by atoms with van der Waals surface area (Å²) in [5.74, 6) is 1.76. The van der Waals surface area contributed by atoms with Crippen LogP contribution in [0.2, 0.25) is 0 Å². The maximum Gasteiger partial charge on any atom is 0.258 e. The van der Waals surface area contributed by atoms with Gasteiger partial charge in [-0.05, 0) is 42.0 Å². The summed E-state index contributed by atoms with van der Waals surface area (Å²) in [5, 5.41) is 7.76. The van der Waals surface area contributed by atoms with Crippen molar-refractivity contribution in [3.8, 4) is 5.75 Å². The average Bonchev–Trinajstić information content (AvgIpc) is 3.00. The number of hydrogen-bond acceptors (Lipinski definition) is 5. The van der Waals surface area contributed by atoms with Crippen molar-refractivity contribution in [1.82, 2.24) is 10.0 Å². The van der Waals surface area contributed by atoms with E-state index in [9.17, 15) is 4.79 Å². The summed E-state index contributed by atoms with van der Waals surface area (Å²) in [6.45, 7) is 1.82. The summed E-state index contributed by atoms with van der Waals surface area (Å²) in [6.07, 6.45) is 0. The summed E-state index contributed by atoms with van der Waals surface area (Å²) < 4.78 is 5.88. The molecule has 2 heterocycles. The van der Waals surface area contributed by atoms with E-state index in [2.05, 4.69) is 15.3 Å². The molecule has 2 aliphatic heterocycles. The van der Waals surface area contributed by atoms with Gasteiger partial charge in [-0.25, -0.2) is 5.01 Å². The number of carbonyl (C=O) groups is 1. The van der Waals surface area contributed by atoms with Gasteiger partial charge >= 0.3 is 0 Å². The molecule has 5 rings (SSSR count). The number of para-hydroxylation sites is 2. The zero-order valence-electron chi connectivity index (χ0n) is 18.3. The van der Waals surface area contributed by atoms with E-state index in [0.717, 1.165) is 35.1 Å². The van der Waals surface area contributed by atoms with Gasteiger partial charge < -0.3 is 15.0 Å². The van der Waals surface area contributed by atoms with Gasteiger partial charge in [0.15, 0.2) is 0 Å². The Labute approximate surface area is 188 Å². The number of ether oxygens (including phenoxy) is 1. The van der Waals surface area contributed by atoms with Crippen molar-refractivity contribution in [1.29, 1.82) is 0 Å². The van der Waals surface area contributed by atoms with Gasteiger partial charge in [0.25, 0.3) is 5.91 Å². The summed E-state index contributed by atoms with van der Waals surface area (Å²) in [5.41, 5.74) is 4.73. The number of fused-ring (bicyclic) bond motifs is 1. The molecule has 0 fully saturated rings. The van der Waals surface area contributed by atoms with Crippen molar-refractivity contribution in [3.63, 3.8) is 0 Å². The second-order valence-electron chi connectivity index (χ2n) is 8.12. The van der Waals surface area contributed by atoms with E-state index < -0.39 is 0 Å². The quantitative estimate of drug-likeness (QED) is 0.673. The Bertz CT molecular complexity index is 1160. The first kappa shape index (κ1) is 20.2. The molecule has 1 amide bonds. The van der Waals surface area contributed by atoms with Gasteiger partial charge in [0, 0.05) is 31.8 Å². The molecule has 0 bridgehead atoms. The lowest BCUT2D eigenvalue weighted by Crippen LogP contribution is -2.35. The second-order valence-corrected chi connectivity index (χ2v) is 8.12. The molecular formula is C26H26N4O2. The molecule has 3 aromatic carbocycles. The number of hydrogen-bond donors (Lipinski definition) is 1. The number of likely N-dealkylation sites (N-methyl/N-ethyl adjacent to an activating group) is 1. The smallest absolute Gasteiger partial charge is 0.258 e. The fourth-order valence-electron chi connectivity index (χ4n) is 4.14. The second kappa shape index (κ2) is 8.40. The summed E-state index contributed by atoms with van der Waals surface area (Å²) in [6, 6.07) is 25.4. The Morgan fingerprint density at radius 3 is 2.41 bits per heavy atom.